The van der Waals surface area contributed by atoms with E-state index in [1.165, 1.54) is 0 Å². The minimum atomic E-state index is -0.0324. The lowest BCUT2D eigenvalue weighted by Gasteiger charge is -2.10. The lowest BCUT2D eigenvalue weighted by Crippen LogP contribution is -2.40. The molecule has 62 valence electrons. The van der Waals surface area contributed by atoms with Gasteiger partial charge in [0, 0.05) is 7.05 Å². The van der Waals surface area contributed by atoms with Crippen LogP contribution in [0.2, 0.25) is 0 Å². The molecule has 0 aliphatic rings. The summed E-state index contributed by atoms with van der Waals surface area (Å²) in [6.07, 6.45) is 0.830. The molecule has 2 N–H and O–H groups in total. The Balaban J connectivity index is 0. The number of hydrogen-bond acceptors (Lipinski definition) is 2. The monoisotopic (exact) mass is 166 g/mol. The van der Waals surface area contributed by atoms with Gasteiger partial charge in [-0.15, -0.1) is 12.4 Å². The SMILES string of the molecule is CCC(NC)C(=O)NC.Cl. The van der Waals surface area contributed by atoms with Crippen LogP contribution in [0.3, 0.4) is 0 Å². The fourth-order valence-electron chi connectivity index (χ4n) is 0.695. The van der Waals surface area contributed by atoms with E-state index in [-0.39, 0.29) is 24.4 Å². The van der Waals surface area contributed by atoms with E-state index in [4.69, 9.17) is 0 Å². The fourth-order valence-corrected chi connectivity index (χ4v) is 0.695. The molecule has 0 bridgehead atoms. The third-order valence-corrected chi connectivity index (χ3v) is 1.32. The van der Waals surface area contributed by atoms with Crippen LogP contribution in [-0.2, 0) is 4.79 Å². The Labute approximate surface area is 68.0 Å². The maximum absolute atomic E-state index is 10.8. The van der Waals surface area contributed by atoms with E-state index < -0.39 is 0 Å². The van der Waals surface area contributed by atoms with Crippen molar-refractivity contribution in [3.63, 3.8) is 0 Å². The first-order valence-corrected chi connectivity index (χ1v) is 3.15. The summed E-state index contributed by atoms with van der Waals surface area (Å²) in [7, 11) is 3.42. The van der Waals surface area contributed by atoms with Crippen molar-refractivity contribution in [2.75, 3.05) is 14.1 Å². The van der Waals surface area contributed by atoms with Crippen LogP contribution in [0.5, 0.6) is 0 Å². The van der Waals surface area contributed by atoms with E-state index in [0.717, 1.165) is 6.42 Å². The van der Waals surface area contributed by atoms with Gasteiger partial charge in [-0.3, -0.25) is 4.79 Å². The zero-order valence-electron chi connectivity index (χ0n) is 6.60. The third-order valence-electron chi connectivity index (χ3n) is 1.32. The predicted molar refractivity (Wildman–Crippen MR) is 44.5 cm³/mol. The average Bonchev–Trinajstić information content (AvgIpc) is 1.90. The second-order valence-corrected chi connectivity index (χ2v) is 1.86. The van der Waals surface area contributed by atoms with Crippen LogP contribution < -0.4 is 10.6 Å². The highest BCUT2D eigenvalue weighted by atomic mass is 35.5. The molecule has 0 fully saturated rings. The highest BCUT2D eigenvalue weighted by molar-refractivity contribution is 5.85. The molecule has 0 saturated heterocycles. The van der Waals surface area contributed by atoms with Gasteiger partial charge in [0.15, 0.2) is 0 Å². The molecule has 0 aromatic rings. The maximum atomic E-state index is 10.8. The molecule has 0 aliphatic heterocycles. The standard InChI is InChI=1S/C6H14N2O.ClH/c1-4-5(7-2)6(9)8-3;/h5,7H,4H2,1-3H3,(H,8,9);1H. The largest absolute Gasteiger partial charge is 0.358 e. The summed E-state index contributed by atoms with van der Waals surface area (Å²) in [6, 6.07) is -0.0324. The van der Waals surface area contributed by atoms with E-state index in [2.05, 4.69) is 10.6 Å². The number of halogens is 1. The number of carbonyl (C=O) groups excluding carboxylic acids is 1. The first kappa shape index (κ1) is 12.4. The third kappa shape index (κ3) is 3.69. The fraction of sp³-hybridized carbons (Fsp3) is 0.833. The summed E-state index contributed by atoms with van der Waals surface area (Å²) >= 11 is 0. The molecular formula is C6H15ClN2O. The van der Waals surface area contributed by atoms with Crippen LogP contribution >= 0.6 is 12.4 Å². The molecule has 0 aromatic carbocycles. The Hall–Kier alpha value is -0.280. The summed E-state index contributed by atoms with van der Waals surface area (Å²) < 4.78 is 0. The van der Waals surface area contributed by atoms with Crippen molar-refractivity contribution in [2.45, 2.75) is 19.4 Å². The molecule has 0 heterocycles. The van der Waals surface area contributed by atoms with Crippen LogP contribution in [0, 0.1) is 0 Å². The molecule has 0 aliphatic carbocycles. The lowest BCUT2D eigenvalue weighted by atomic mass is 10.2. The molecule has 1 unspecified atom stereocenters. The van der Waals surface area contributed by atoms with Crippen molar-refractivity contribution in [3.05, 3.63) is 0 Å². The van der Waals surface area contributed by atoms with Crippen LogP contribution in [-0.4, -0.2) is 26.0 Å². The Kier molecular flexibility index (Phi) is 8.48. The number of carbonyl (C=O) groups is 1. The van der Waals surface area contributed by atoms with E-state index in [1.807, 2.05) is 6.92 Å². The molecular weight excluding hydrogens is 152 g/mol. The van der Waals surface area contributed by atoms with Gasteiger partial charge in [-0.25, -0.2) is 0 Å². The summed E-state index contributed by atoms with van der Waals surface area (Å²) in [6.45, 7) is 1.97. The van der Waals surface area contributed by atoms with Gasteiger partial charge in [0.25, 0.3) is 0 Å². The molecule has 0 radical (unpaired) electrons. The second kappa shape index (κ2) is 6.83. The van der Waals surface area contributed by atoms with Crippen molar-refractivity contribution in [2.24, 2.45) is 0 Å². The van der Waals surface area contributed by atoms with Gasteiger partial charge >= 0.3 is 0 Å². The molecule has 0 aromatic heterocycles. The number of hydrogen-bond donors (Lipinski definition) is 2. The van der Waals surface area contributed by atoms with E-state index >= 15 is 0 Å². The molecule has 10 heavy (non-hydrogen) atoms. The average molecular weight is 167 g/mol. The predicted octanol–water partition coefficient (Wildman–Crippen LogP) is 0.152. The van der Waals surface area contributed by atoms with Crippen LogP contribution in [0.4, 0.5) is 0 Å². The molecule has 4 heteroatoms. The first-order valence-electron chi connectivity index (χ1n) is 3.15. The number of amides is 1. The van der Waals surface area contributed by atoms with Crippen molar-refractivity contribution in [3.8, 4) is 0 Å². The van der Waals surface area contributed by atoms with E-state index in [1.54, 1.807) is 14.1 Å². The number of likely N-dealkylation sites (N-methyl/N-ethyl adjacent to an activating group) is 2. The van der Waals surface area contributed by atoms with Crippen LogP contribution in [0.15, 0.2) is 0 Å². The van der Waals surface area contributed by atoms with Gasteiger partial charge < -0.3 is 10.6 Å². The van der Waals surface area contributed by atoms with Gasteiger partial charge in [0.1, 0.15) is 0 Å². The zero-order valence-corrected chi connectivity index (χ0v) is 7.42. The normalized spacial score (nSPS) is 11.5. The second-order valence-electron chi connectivity index (χ2n) is 1.86. The smallest absolute Gasteiger partial charge is 0.236 e. The van der Waals surface area contributed by atoms with Gasteiger partial charge in [0.05, 0.1) is 6.04 Å². The highest BCUT2D eigenvalue weighted by Gasteiger charge is 2.09. The minimum absolute atomic E-state index is 0. The molecule has 1 amide bonds. The van der Waals surface area contributed by atoms with E-state index in [0.29, 0.717) is 0 Å². The highest BCUT2D eigenvalue weighted by Crippen LogP contribution is 1.87. The summed E-state index contributed by atoms with van der Waals surface area (Å²) in [5.41, 5.74) is 0. The molecule has 0 spiro atoms. The van der Waals surface area contributed by atoms with E-state index in [9.17, 15) is 4.79 Å². The zero-order chi connectivity index (χ0) is 7.28. The number of rotatable bonds is 3. The minimum Gasteiger partial charge on any atom is -0.358 e. The van der Waals surface area contributed by atoms with Gasteiger partial charge in [-0.05, 0) is 13.5 Å². The van der Waals surface area contributed by atoms with Crippen LogP contribution in [0.1, 0.15) is 13.3 Å². The Morgan fingerprint density at radius 3 is 2.10 bits per heavy atom. The Morgan fingerprint density at radius 1 is 1.50 bits per heavy atom. The quantitative estimate of drug-likeness (QED) is 0.627. The molecule has 1 atom stereocenters. The summed E-state index contributed by atoms with van der Waals surface area (Å²) in [4.78, 5) is 10.8. The summed E-state index contributed by atoms with van der Waals surface area (Å²) in [5, 5.41) is 5.46. The topological polar surface area (TPSA) is 41.1 Å². The van der Waals surface area contributed by atoms with Crippen molar-refractivity contribution in [1.82, 2.24) is 10.6 Å². The molecule has 3 nitrogen and oxygen atoms in total. The molecule has 0 saturated carbocycles. The van der Waals surface area contributed by atoms with Crippen molar-refractivity contribution >= 4 is 18.3 Å². The Bertz CT molecular complexity index is 93.7. The molecule has 0 rings (SSSR count). The first-order chi connectivity index (χ1) is 4.26. The van der Waals surface area contributed by atoms with Gasteiger partial charge in [-0.2, -0.15) is 0 Å². The summed E-state index contributed by atoms with van der Waals surface area (Å²) in [5.74, 6) is 0.0556. The lowest BCUT2D eigenvalue weighted by molar-refractivity contribution is -0.122. The maximum Gasteiger partial charge on any atom is 0.236 e. The van der Waals surface area contributed by atoms with Crippen LogP contribution in [0.25, 0.3) is 0 Å². The van der Waals surface area contributed by atoms with Gasteiger partial charge in [-0.1, -0.05) is 6.92 Å². The number of nitrogens with one attached hydrogen (secondary N) is 2. The van der Waals surface area contributed by atoms with Crippen molar-refractivity contribution in [1.29, 1.82) is 0 Å². The van der Waals surface area contributed by atoms with Gasteiger partial charge in [0.2, 0.25) is 5.91 Å². The Morgan fingerprint density at radius 2 is 2.00 bits per heavy atom. The van der Waals surface area contributed by atoms with Crippen molar-refractivity contribution < 1.29 is 4.79 Å².